The van der Waals surface area contributed by atoms with Crippen molar-refractivity contribution in [3.8, 4) is 11.1 Å². The molecule has 5 rings (SSSR count). The molecule has 2 aliphatic heterocycles. The zero-order chi connectivity index (χ0) is 24.7. The van der Waals surface area contributed by atoms with Crippen molar-refractivity contribution in [2.24, 2.45) is 0 Å². The zero-order valence-corrected chi connectivity index (χ0v) is 20.2. The fourth-order valence-electron chi connectivity index (χ4n) is 4.79. The number of rotatable bonds is 4. The van der Waals surface area contributed by atoms with Gasteiger partial charge in [0.1, 0.15) is 11.5 Å². The van der Waals surface area contributed by atoms with Crippen molar-refractivity contribution in [2.45, 2.75) is 45.4 Å². The molecule has 0 aliphatic carbocycles. The topological polar surface area (TPSA) is 76.5 Å². The van der Waals surface area contributed by atoms with Gasteiger partial charge in [-0.25, -0.2) is 4.39 Å². The Bertz CT molecular complexity index is 1340. The van der Waals surface area contributed by atoms with Crippen LogP contribution in [0.5, 0.6) is 0 Å². The van der Waals surface area contributed by atoms with E-state index in [1.165, 1.54) is 26.1 Å². The summed E-state index contributed by atoms with van der Waals surface area (Å²) in [7, 11) is 0. The van der Waals surface area contributed by atoms with E-state index in [2.05, 4.69) is 21.3 Å². The van der Waals surface area contributed by atoms with Crippen molar-refractivity contribution in [1.82, 2.24) is 9.55 Å². The van der Waals surface area contributed by atoms with E-state index in [-0.39, 0.29) is 23.2 Å². The Balaban J connectivity index is 1.46. The number of halogens is 1. The maximum atomic E-state index is 14.3. The molecule has 0 saturated carbocycles. The van der Waals surface area contributed by atoms with Crippen molar-refractivity contribution < 1.29 is 13.9 Å². The van der Waals surface area contributed by atoms with Gasteiger partial charge >= 0.3 is 0 Å². The molecule has 0 spiro atoms. The predicted molar refractivity (Wildman–Crippen MR) is 134 cm³/mol. The minimum Gasteiger partial charge on any atom is -0.377 e. The van der Waals surface area contributed by atoms with Gasteiger partial charge in [-0.3, -0.25) is 19.1 Å². The van der Waals surface area contributed by atoms with E-state index in [1.54, 1.807) is 12.1 Å². The molecule has 0 bridgehead atoms. The van der Waals surface area contributed by atoms with Crippen LogP contribution < -0.4 is 15.8 Å². The number of carbonyl (C=O) groups is 1. The van der Waals surface area contributed by atoms with Gasteiger partial charge in [-0.15, -0.1) is 0 Å². The number of benzene rings is 1. The van der Waals surface area contributed by atoms with Crippen LogP contribution in [0.4, 0.5) is 15.9 Å². The van der Waals surface area contributed by atoms with Gasteiger partial charge in [0.15, 0.2) is 0 Å². The second-order valence-corrected chi connectivity index (χ2v) is 9.69. The number of aryl methyl sites for hydroxylation is 1. The molecule has 0 radical (unpaired) electrons. The molecular weight excluding hydrogens is 447 g/mol. The number of aromatic nitrogens is 2. The minimum absolute atomic E-state index is 0.0329. The largest absolute Gasteiger partial charge is 0.377 e. The predicted octanol–water partition coefficient (Wildman–Crippen LogP) is 4.28. The Morgan fingerprint density at radius 2 is 2.00 bits per heavy atom. The summed E-state index contributed by atoms with van der Waals surface area (Å²) in [6, 6.07) is 12.6. The van der Waals surface area contributed by atoms with Crippen molar-refractivity contribution >= 4 is 17.4 Å². The number of fused-ring (bicyclic) bond motifs is 3. The number of hydrogen-bond donors (Lipinski definition) is 1. The number of pyridine rings is 2. The van der Waals surface area contributed by atoms with Gasteiger partial charge in [-0.05, 0) is 74.2 Å². The van der Waals surface area contributed by atoms with Crippen molar-refractivity contribution in [2.75, 3.05) is 30.0 Å². The highest BCUT2D eigenvalue weighted by Crippen LogP contribution is 2.32. The summed E-state index contributed by atoms with van der Waals surface area (Å²) in [5, 5.41) is 2.90. The van der Waals surface area contributed by atoms with Crippen LogP contribution in [0.15, 0.2) is 53.5 Å². The quantitative estimate of drug-likeness (QED) is 0.608. The van der Waals surface area contributed by atoms with E-state index < -0.39 is 5.67 Å². The molecule has 1 atom stereocenters. The molecular formula is C27H29FN4O3. The summed E-state index contributed by atoms with van der Waals surface area (Å²) in [5.74, 6) is 0.563. The molecule has 182 valence electrons. The van der Waals surface area contributed by atoms with Crippen LogP contribution in [0.1, 0.15) is 41.9 Å². The van der Waals surface area contributed by atoms with Crippen molar-refractivity contribution in [1.29, 1.82) is 0 Å². The first-order valence-electron chi connectivity index (χ1n) is 11.9. The number of alkyl halides is 1. The summed E-state index contributed by atoms with van der Waals surface area (Å²) < 4.78 is 21.8. The minimum atomic E-state index is -1.65. The van der Waals surface area contributed by atoms with Gasteiger partial charge in [0.05, 0.1) is 24.9 Å². The summed E-state index contributed by atoms with van der Waals surface area (Å²) in [6.45, 7) is 7.55. The average molecular weight is 477 g/mol. The number of ether oxygens (including phenoxy) is 1. The van der Waals surface area contributed by atoms with Crippen LogP contribution in [-0.4, -0.2) is 41.3 Å². The molecule has 4 heterocycles. The molecule has 7 nitrogen and oxygen atoms in total. The van der Waals surface area contributed by atoms with Crippen LogP contribution in [-0.2, 0) is 17.0 Å². The Labute approximate surface area is 203 Å². The monoisotopic (exact) mass is 476 g/mol. The maximum Gasteiger partial charge on any atom is 0.255 e. The summed E-state index contributed by atoms with van der Waals surface area (Å²) >= 11 is 0. The van der Waals surface area contributed by atoms with Crippen LogP contribution in [0.3, 0.4) is 0 Å². The van der Waals surface area contributed by atoms with E-state index in [1.807, 2.05) is 29.7 Å². The second kappa shape index (κ2) is 8.92. The van der Waals surface area contributed by atoms with E-state index in [0.29, 0.717) is 31.0 Å². The molecule has 2 aliphatic rings. The summed E-state index contributed by atoms with van der Waals surface area (Å²) in [5.41, 5.74) is 2.12. The zero-order valence-electron chi connectivity index (χ0n) is 20.2. The van der Waals surface area contributed by atoms with Crippen LogP contribution in [0.2, 0.25) is 0 Å². The lowest BCUT2D eigenvalue weighted by molar-refractivity contribution is 0.0851. The number of nitrogens with zero attached hydrogens (tertiary/aromatic N) is 3. The Morgan fingerprint density at radius 1 is 1.17 bits per heavy atom. The van der Waals surface area contributed by atoms with Gasteiger partial charge < -0.3 is 15.0 Å². The first-order chi connectivity index (χ1) is 16.7. The first-order valence-corrected chi connectivity index (χ1v) is 11.9. The number of morpholine rings is 1. The van der Waals surface area contributed by atoms with Crippen molar-refractivity contribution in [3.63, 3.8) is 0 Å². The molecule has 1 aromatic carbocycles. The highest BCUT2D eigenvalue weighted by Gasteiger charge is 2.30. The number of amides is 1. The van der Waals surface area contributed by atoms with Crippen LogP contribution in [0.25, 0.3) is 11.1 Å². The first kappa shape index (κ1) is 23.2. The standard InChI is InChI=1S/C27H29FN4O3/c1-17-4-5-20(30-26(34)18-6-8-29-23(12-18)27(2,3)28)15-22(17)19-13-24-31-10-11-35-16-21(31)7-9-32(24)25(33)14-19/h4-6,8,12-15,21H,7,9-11,16H2,1-3H3,(H,30,34)/t21-/m1/s1. The Hall–Kier alpha value is -3.52. The molecule has 0 unspecified atom stereocenters. The molecule has 35 heavy (non-hydrogen) atoms. The molecule has 1 N–H and O–H groups in total. The third kappa shape index (κ3) is 4.58. The fourth-order valence-corrected chi connectivity index (χ4v) is 4.79. The number of carbonyl (C=O) groups excluding carboxylic acids is 1. The average Bonchev–Trinajstić information content (AvgIpc) is 2.84. The van der Waals surface area contributed by atoms with Gasteiger partial charge in [-0.2, -0.15) is 0 Å². The lowest BCUT2D eigenvalue weighted by atomic mass is 9.99. The molecule has 8 heteroatoms. The molecule has 1 fully saturated rings. The maximum absolute atomic E-state index is 14.3. The second-order valence-electron chi connectivity index (χ2n) is 9.69. The Morgan fingerprint density at radius 3 is 2.80 bits per heavy atom. The van der Waals surface area contributed by atoms with E-state index in [0.717, 1.165) is 35.5 Å². The van der Waals surface area contributed by atoms with Gasteiger partial charge in [-0.1, -0.05) is 6.07 Å². The summed E-state index contributed by atoms with van der Waals surface area (Å²) in [4.78, 5) is 32.2. The molecule has 1 amide bonds. The highest BCUT2D eigenvalue weighted by atomic mass is 19.1. The van der Waals surface area contributed by atoms with Crippen LogP contribution >= 0.6 is 0 Å². The SMILES string of the molecule is Cc1ccc(NC(=O)c2ccnc(C(C)(C)F)c2)cc1-c1cc2n(c(=O)c1)CC[C@@H]1COCCN21. The number of hydrogen-bond acceptors (Lipinski definition) is 5. The van der Waals surface area contributed by atoms with Gasteiger partial charge in [0.25, 0.3) is 11.5 Å². The molecule has 2 aromatic heterocycles. The third-order valence-electron chi connectivity index (χ3n) is 6.75. The van der Waals surface area contributed by atoms with Crippen molar-refractivity contribution in [3.05, 3.63) is 75.8 Å². The summed E-state index contributed by atoms with van der Waals surface area (Å²) in [6.07, 6.45) is 2.33. The lowest BCUT2D eigenvalue weighted by Crippen LogP contribution is -2.51. The number of anilines is 2. The van der Waals surface area contributed by atoms with Gasteiger partial charge in [0, 0.05) is 36.6 Å². The highest BCUT2D eigenvalue weighted by molar-refractivity contribution is 6.04. The van der Waals surface area contributed by atoms with E-state index >= 15 is 0 Å². The van der Waals surface area contributed by atoms with E-state index in [4.69, 9.17) is 4.74 Å². The smallest absolute Gasteiger partial charge is 0.255 e. The normalized spacial score (nSPS) is 17.5. The number of nitrogens with one attached hydrogen (secondary N) is 1. The lowest BCUT2D eigenvalue weighted by Gasteiger charge is -2.42. The van der Waals surface area contributed by atoms with Gasteiger partial charge in [0.2, 0.25) is 0 Å². The Kier molecular flexibility index (Phi) is 5.92. The molecule has 1 saturated heterocycles. The third-order valence-corrected chi connectivity index (χ3v) is 6.75. The van der Waals surface area contributed by atoms with Crippen LogP contribution in [0, 0.1) is 6.92 Å². The van der Waals surface area contributed by atoms with E-state index in [9.17, 15) is 14.0 Å². The molecule has 3 aromatic rings. The fraction of sp³-hybridized carbons (Fsp3) is 0.370.